The van der Waals surface area contributed by atoms with E-state index in [0.29, 0.717) is 5.16 Å². The van der Waals surface area contributed by atoms with Crippen LogP contribution in [-0.4, -0.2) is 30.2 Å². The molecule has 14 heavy (non-hydrogen) atoms. The minimum Gasteiger partial charge on any atom is -0.244 e. The van der Waals surface area contributed by atoms with Gasteiger partial charge in [0, 0.05) is 13.2 Å². The van der Waals surface area contributed by atoms with Gasteiger partial charge in [0.1, 0.15) is 11.4 Å². The molecule has 2 aromatic heterocycles. The van der Waals surface area contributed by atoms with Crippen molar-refractivity contribution in [2.45, 2.75) is 10.2 Å². The van der Waals surface area contributed by atoms with Crippen LogP contribution in [0.4, 0.5) is 0 Å². The highest BCUT2D eigenvalue weighted by Gasteiger charge is 2.08. The Balaban J connectivity index is 2.28. The summed E-state index contributed by atoms with van der Waals surface area (Å²) in [7, 11) is 1.79. The van der Waals surface area contributed by atoms with E-state index in [1.165, 1.54) is 18.1 Å². The van der Waals surface area contributed by atoms with Crippen LogP contribution in [0.5, 0.6) is 0 Å². The molecule has 6 nitrogen and oxygen atoms in total. The molecule has 0 atom stereocenters. The number of aromatic nitrogens is 6. The maximum absolute atomic E-state index is 4.13. The smallest absolute Gasteiger partial charge is 0.215 e. The summed E-state index contributed by atoms with van der Waals surface area (Å²) in [6.45, 7) is 0. The van der Waals surface area contributed by atoms with E-state index < -0.39 is 0 Å². The van der Waals surface area contributed by atoms with Gasteiger partial charge in [0.25, 0.3) is 0 Å². The molecule has 0 spiro atoms. The van der Waals surface area contributed by atoms with Crippen LogP contribution < -0.4 is 0 Å². The lowest BCUT2D eigenvalue weighted by Gasteiger charge is -1.99. The van der Waals surface area contributed by atoms with Gasteiger partial charge in [0.2, 0.25) is 5.16 Å². The molecule has 0 aliphatic heterocycles. The summed E-state index contributed by atoms with van der Waals surface area (Å²) in [5.74, 6) is 0. The van der Waals surface area contributed by atoms with Crippen molar-refractivity contribution in [3.63, 3.8) is 0 Å². The zero-order chi connectivity index (χ0) is 9.97. The Morgan fingerprint density at radius 2 is 2.36 bits per heavy atom. The number of rotatable bonds is 2. The fraction of sp³-hybridized carbons (Fsp3) is 0.167. The van der Waals surface area contributed by atoms with E-state index in [4.69, 9.17) is 0 Å². The van der Waals surface area contributed by atoms with Crippen LogP contribution in [-0.2, 0) is 7.05 Å². The van der Waals surface area contributed by atoms with Crippen molar-refractivity contribution in [1.29, 1.82) is 0 Å². The second-order valence-corrected chi connectivity index (χ2v) is 4.48. The van der Waals surface area contributed by atoms with Crippen LogP contribution in [0.25, 0.3) is 0 Å². The fourth-order valence-corrected chi connectivity index (χ4v) is 2.07. The SMILES string of the molecule is Cn1nnnc1Sc1ncncc1I. The van der Waals surface area contributed by atoms with E-state index >= 15 is 0 Å². The predicted molar refractivity (Wildman–Crippen MR) is 57.7 cm³/mol. The molecular formula is C6H5IN6S. The predicted octanol–water partition coefficient (Wildman–Crippen LogP) is 0.756. The topological polar surface area (TPSA) is 69.4 Å². The molecule has 0 amide bonds. The molecule has 2 rings (SSSR count). The lowest BCUT2D eigenvalue weighted by Crippen LogP contribution is -1.94. The average molecular weight is 320 g/mol. The van der Waals surface area contributed by atoms with E-state index in [1.54, 1.807) is 17.9 Å². The molecule has 72 valence electrons. The summed E-state index contributed by atoms with van der Waals surface area (Å²) in [4.78, 5) is 8.04. The van der Waals surface area contributed by atoms with Crippen LogP contribution in [0.15, 0.2) is 22.7 Å². The van der Waals surface area contributed by atoms with E-state index in [9.17, 15) is 0 Å². The van der Waals surface area contributed by atoms with Gasteiger partial charge in [-0.2, -0.15) is 0 Å². The van der Waals surface area contributed by atoms with Crippen LogP contribution in [0.2, 0.25) is 0 Å². The second kappa shape index (κ2) is 4.17. The summed E-state index contributed by atoms with van der Waals surface area (Å²) in [5.41, 5.74) is 0. The molecular weight excluding hydrogens is 315 g/mol. The Morgan fingerprint density at radius 1 is 1.50 bits per heavy atom. The monoisotopic (exact) mass is 320 g/mol. The molecule has 0 saturated carbocycles. The Kier molecular flexibility index (Phi) is 2.91. The summed E-state index contributed by atoms with van der Waals surface area (Å²) in [6.07, 6.45) is 3.26. The number of hydrogen-bond acceptors (Lipinski definition) is 6. The third-order valence-corrected chi connectivity index (χ3v) is 3.61. The van der Waals surface area contributed by atoms with Gasteiger partial charge in [0.15, 0.2) is 0 Å². The Bertz CT molecular complexity index is 443. The molecule has 2 aromatic rings. The molecule has 0 saturated heterocycles. The molecule has 0 N–H and O–H groups in total. The Morgan fingerprint density at radius 3 is 3.00 bits per heavy atom. The minimum atomic E-state index is 0.710. The summed E-state index contributed by atoms with van der Waals surface area (Å²) in [6, 6.07) is 0. The van der Waals surface area contributed by atoms with Crippen molar-refractivity contribution in [3.05, 3.63) is 16.1 Å². The molecule has 0 aromatic carbocycles. The van der Waals surface area contributed by atoms with Crippen molar-refractivity contribution in [2.75, 3.05) is 0 Å². The average Bonchev–Trinajstić information content (AvgIpc) is 2.56. The first kappa shape index (κ1) is 9.77. The fourth-order valence-electron chi connectivity index (χ4n) is 0.771. The largest absolute Gasteiger partial charge is 0.244 e. The van der Waals surface area contributed by atoms with Crippen molar-refractivity contribution in [1.82, 2.24) is 30.2 Å². The normalized spacial score (nSPS) is 10.4. The van der Waals surface area contributed by atoms with Gasteiger partial charge in [0.05, 0.1) is 3.57 Å². The molecule has 0 aliphatic carbocycles. The molecule has 0 fully saturated rings. The van der Waals surface area contributed by atoms with Gasteiger partial charge in [-0.3, -0.25) is 0 Å². The minimum absolute atomic E-state index is 0.710. The van der Waals surface area contributed by atoms with Crippen molar-refractivity contribution >= 4 is 34.4 Å². The lowest BCUT2D eigenvalue weighted by molar-refractivity contribution is 0.664. The second-order valence-electron chi connectivity index (χ2n) is 2.36. The highest BCUT2D eigenvalue weighted by atomic mass is 127. The maximum atomic E-state index is 4.13. The third-order valence-electron chi connectivity index (χ3n) is 1.40. The van der Waals surface area contributed by atoms with E-state index in [0.717, 1.165) is 8.60 Å². The number of aryl methyl sites for hydroxylation is 1. The van der Waals surface area contributed by atoms with Gasteiger partial charge < -0.3 is 0 Å². The van der Waals surface area contributed by atoms with Crippen LogP contribution >= 0.6 is 34.4 Å². The van der Waals surface area contributed by atoms with Gasteiger partial charge >= 0.3 is 0 Å². The summed E-state index contributed by atoms with van der Waals surface area (Å²) < 4.78 is 2.58. The molecule has 0 unspecified atom stereocenters. The van der Waals surface area contributed by atoms with Crippen molar-refractivity contribution in [2.24, 2.45) is 7.05 Å². The number of tetrazole rings is 1. The first-order valence-electron chi connectivity index (χ1n) is 3.63. The van der Waals surface area contributed by atoms with Crippen molar-refractivity contribution < 1.29 is 0 Å². The first-order valence-corrected chi connectivity index (χ1v) is 5.52. The maximum Gasteiger partial charge on any atom is 0.215 e. The van der Waals surface area contributed by atoms with Gasteiger partial charge in [-0.25, -0.2) is 14.6 Å². The van der Waals surface area contributed by atoms with E-state index in [1.807, 2.05) is 0 Å². The first-order chi connectivity index (χ1) is 6.77. The van der Waals surface area contributed by atoms with Gasteiger partial charge in [-0.15, -0.1) is 5.10 Å². The highest BCUT2D eigenvalue weighted by Crippen LogP contribution is 2.25. The number of hydrogen-bond donors (Lipinski definition) is 0. The molecule has 8 heteroatoms. The summed E-state index contributed by atoms with van der Waals surface area (Å²) in [5, 5.41) is 12.7. The third kappa shape index (κ3) is 2.00. The molecule has 0 aliphatic rings. The lowest BCUT2D eigenvalue weighted by atomic mass is 10.7. The molecule has 0 bridgehead atoms. The zero-order valence-corrected chi connectivity index (χ0v) is 10.1. The van der Waals surface area contributed by atoms with Crippen LogP contribution in [0.3, 0.4) is 0 Å². The Labute approximate surface area is 97.7 Å². The summed E-state index contributed by atoms with van der Waals surface area (Å²) >= 11 is 3.59. The zero-order valence-electron chi connectivity index (χ0n) is 7.12. The highest BCUT2D eigenvalue weighted by molar-refractivity contribution is 14.1. The number of halogens is 1. The standard InChI is InChI=1S/C6H5IN6S/c1-13-6(10-11-12-13)14-5-4(7)2-8-3-9-5/h2-3H,1H3. The quantitative estimate of drug-likeness (QED) is 0.601. The van der Waals surface area contributed by atoms with Crippen LogP contribution in [0.1, 0.15) is 0 Å². The van der Waals surface area contributed by atoms with Crippen molar-refractivity contribution in [3.8, 4) is 0 Å². The molecule has 2 heterocycles. The van der Waals surface area contributed by atoms with Gasteiger partial charge in [-0.1, -0.05) is 0 Å². The van der Waals surface area contributed by atoms with Gasteiger partial charge in [-0.05, 0) is 44.8 Å². The molecule has 0 radical (unpaired) electrons. The van der Waals surface area contributed by atoms with Crippen LogP contribution in [0, 0.1) is 3.57 Å². The number of nitrogens with zero attached hydrogens (tertiary/aromatic N) is 6. The van der Waals surface area contributed by atoms with E-state index in [-0.39, 0.29) is 0 Å². The van der Waals surface area contributed by atoms with E-state index in [2.05, 4.69) is 48.1 Å². The Hall–Kier alpha value is -0.770.